The van der Waals surface area contributed by atoms with Gasteiger partial charge in [-0.15, -0.1) is 0 Å². The highest BCUT2D eigenvalue weighted by atomic mass is 19.1. The number of nitrogens with one attached hydrogen (secondary N) is 1. The molecule has 2 heteroatoms. The molecular formula is C19H32FN. The van der Waals surface area contributed by atoms with Crippen LogP contribution in [0.3, 0.4) is 0 Å². The van der Waals surface area contributed by atoms with Crippen LogP contribution in [0.25, 0.3) is 0 Å². The summed E-state index contributed by atoms with van der Waals surface area (Å²) in [5.74, 6) is 0.497. The van der Waals surface area contributed by atoms with Gasteiger partial charge < -0.3 is 5.32 Å². The number of hydrogen-bond donors (Lipinski definition) is 1. The molecular weight excluding hydrogens is 261 g/mol. The Bertz CT molecular complexity index is 434. The molecule has 0 amide bonds. The molecule has 2 unspecified atom stereocenters. The predicted molar refractivity (Wildman–Crippen MR) is 90.0 cm³/mol. The molecule has 2 atom stereocenters. The smallest absolute Gasteiger partial charge is 0.123 e. The fraction of sp³-hybridized carbons (Fsp3) is 0.684. The third kappa shape index (κ3) is 6.60. The second kappa shape index (κ2) is 7.93. The summed E-state index contributed by atoms with van der Waals surface area (Å²) in [5.41, 5.74) is 2.64. The van der Waals surface area contributed by atoms with Gasteiger partial charge in [0.2, 0.25) is 0 Å². The zero-order chi connectivity index (χ0) is 16.0. The Morgan fingerprint density at radius 2 is 1.90 bits per heavy atom. The van der Waals surface area contributed by atoms with Crippen LogP contribution in [-0.4, -0.2) is 6.54 Å². The van der Waals surface area contributed by atoms with Crippen molar-refractivity contribution in [2.75, 3.05) is 6.54 Å². The topological polar surface area (TPSA) is 12.0 Å². The van der Waals surface area contributed by atoms with E-state index in [1.54, 1.807) is 12.1 Å². The van der Waals surface area contributed by atoms with Crippen LogP contribution >= 0.6 is 0 Å². The minimum atomic E-state index is -0.145. The number of halogens is 1. The number of aryl methyl sites for hydroxylation is 1. The minimum absolute atomic E-state index is 0.145. The van der Waals surface area contributed by atoms with Crippen LogP contribution in [0, 0.1) is 24.1 Å². The van der Waals surface area contributed by atoms with Crippen molar-refractivity contribution in [2.24, 2.45) is 11.3 Å². The molecule has 0 saturated carbocycles. The van der Waals surface area contributed by atoms with Gasteiger partial charge in [0.15, 0.2) is 0 Å². The molecule has 120 valence electrons. The van der Waals surface area contributed by atoms with Gasteiger partial charge in [-0.3, -0.25) is 0 Å². The van der Waals surface area contributed by atoms with Gasteiger partial charge in [-0.1, -0.05) is 40.7 Å². The highest BCUT2D eigenvalue weighted by molar-refractivity contribution is 5.29. The fourth-order valence-corrected chi connectivity index (χ4v) is 3.20. The summed E-state index contributed by atoms with van der Waals surface area (Å²) in [6.07, 6.45) is 3.42. The van der Waals surface area contributed by atoms with Crippen LogP contribution in [0.4, 0.5) is 4.39 Å². The molecule has 1 aromatic carbocycles. The lowest BCUT2D eigenvalue weighted by molar-refractivity contribution is 0.275. The van der Waals surface area contributed by atoms with Crippen LogP contribution in [-0.2, 0) is 0 Å². The maximum absolute atomic E-state index is 13.3. The lowest BCUT2D eigenvalue weighted by atomic mass is 9.81. The molecule has 0 bridgehead atoms. The van der Waals surface area contributed by atoms with Crippen molar-refractivity contribution in [3.05, 3.63) is 35.1 Å². The summed E-state index contributed by atoms with van der Waals surface area (Å²) in [6, 6.07) is 5.49. The van der Waals surface area contributed by atoms with Gasteiger partial charge in [-0.2, -0.15) is 0 Å². The van der Waals surface area contributed by atoms with Crippen LogP contribution in [0.2, 0.25) is 0 Å². The van der Waals surface area contributed by atoms with Gasteiger partial charge in [-0.25, -0.2) is 4.39 Å². The lowest BCUT2D eigenvalue weighted by Gasteiger charge is -2.28. The molecule has 1 nitrogen and oxygen atoms in total. The molecule has 0 spiro atoms. The van der Waals surface area contributed by atoms with Crippen molar-refractivity contribution in [3.63, 3.8) is 0 Å². The van der Waals surface area contributed by atoms with Gasteiger partial charge >= 0.3 is 0 Å². The van der Waals surface area contributed by atoms with E-state index >= 15 is 0 Å². The first-order valence-corrected chi connectivity index (χ1v) is 8.22. The maximum Gasteiger partial charge on any atom is 0.123 e. The van der Waals surface area contributed by atoms with Crippen molar-refractivity contribution in [1.82, 2.24) is 5.32 Å². The third-order valence-electron chi connectivity index (χ3n) is 3.85. The summed E-state index contributed by atoms with van der Waals surface area (Å²) in [5, 5.41) is 3.64. The molecule has 0 aliphatic heterocycles. The van der Waals surface area contributed by atoms with Gasteiger partial charge in [0.1, 0.15) is 5.82 Å². The SMILES string of the molecule is CCCNC(CC(C)CC(C)(C)C)c1ccc(F)cc1C. The Hall–Kier alpha value is -0.890. The number of benzene rings is 1. The highest BCUT2D eigenvalue weighted by Gasteiger charge is 2.21. The molecule has 21 heavy (non-hydrogen) atoms. The quantitative estimate of drug-likeness (QED) is 0.686. The molecule has 0 aromatic heterocycles. The van der Waals surface area contributed by atoms with E-state index in [1.807, 2.05) is 13.0 Å². The Kier molecular flexibility index (Phi) is 6.86. The number of hydrogen-bond acceptors (Lipinski definition) is 1. The standard InChI is InChI=1S/C19H32FN/c1-7-10-21-18(11-14(2)13-19(4,5)6)17-9-8-16(20)12-15(17)3/h8-9,12,14,18,21H,7,10-11,13H2,1-6H3. The first-order chi connectivity index (χ1) is 9.73. The van der Waals surface area contributed by atoms with E-state index in [4.69, 9.17) is 0 Å². The average molecular weight is 293 g/mol. The van der Waals surface area contributed by atoms with Crippen molar-refractivity contribution in [3.8, 4) is 0 Å². The van der Waals surface area contributed by atoms with Gasteiger partial charge in [0.25, 0.3) is 0 Å². The lowest BCUT2D eigenvalue weighted by Crippen LogP contribution is -2.26. The Balaban J connectivity index is 2.84. The Morgan fingerprint density at radius 3 is 2.43 bits per heavy atom. The second-order valence-corrected chi connectivity index (χ2v) is 7.61. The monoisotopic (exact) mass is 293 g/mol. The van der Waals surface area contributed by atoms with Crippen molar-refractivity contribution in [1.29, 1.82) is 0 Å². The highest BCUT2D eigenvalue weighted by Crippen LogP contribution is 2.31. The molecule has 0 radical (unpaired) electrons. The molecule has 0 heterocycles. The molecule has 1 N–H and O–H groups in total. The summed E-state index contributed by atoms with van der Waals surface area (Å²) in [6.45, 7) is 14.4. The van der Waals surface area contributed by atoms with E-state index < -0.39 is 0 Å². The normalized spacial score (nSPS) is 15.0. The molecule has 1 rings (SSSR count). The van der Waals surface area contributed by atoms with Crippen LogP contribution in [0.5, 0.6) is 0 Å². The van der Waals surface area contributed by atoms with E-state index in [2.05, 4.69) is 39.9 Å². The zero-order valence-corrected chi connectivity index (χ0v) is 14.6. The van der Waals surface area contributed by atoms with E-state index in [9.17, 15) is 4.39 Å². The van der Waals surface area contributed by atoms with E-state index in [0.717, 1.165) is 24.9 Å². The van der Waals surface area contributed by atoms with Crippen molar-refractivity contribution >= 4 is 0 Å². The first kappa shape index (κ1) is 18.2. The van der Waals surface area contributed by atoms with Crippen LogP contribution in [0.1, 0.15) is 71.0 Å². The Labute approximate surface area is 130 Å². The van der Waals surface area contributed by atoms with E-state index in [1.165, 1.54) is 12.0 Å². The van der Waals surface area contributed by atoms with E-state index in [-0.39, 0.29) is 5.82 Å². The first-order valence-electron chi connectivity index (χ1n) is 8.22. The van der Waals surface area contributed by atoms with Gasteiger partial charge in [0, 0.05) is 6.04 Å². The fourth-order valence-electron chi connectivity index (χ4n) is 3.20. The van der Waals surface area contributed by atoms with Crippen LogP contribution < -0.4 is 5.32 Å². The van der Waals surface area contributed by atoms with Crippen molar-refractivity contribution < 1.29 is 4.39 Å². The molecule has 0 fully saturated rings. The summed E-state index contributed by atoms with van der Waals surface area (Å²) in [7, 11) is 0. The molecule has 0 saturated heterocycles. The summed E-state index contributed by atoms with van der Waals surface area (Å²) < 4.78 is 13.3. The van der Waals surface area contributed by atoms with Gasteiger partial charge in [0.05, 0.1) is 0 Å². The molecule has 0 aliphatic rings. The summed E-state index contributed by atoms with van der Waals surface area (Å²) in [4.78, 5) is 0. The number of rotatable bonds is 7. The average Bonchev–Trinajstić information content (AvgIpc) is 2.32. The maximum atomic E-state index is 13.3. The van der Waals surface area contributed by atoms with Crippen molar-refractivity contribution in [2.45, 2.75) is 66.8 Å². The summed E-state index contributed by atoms with van der Waals surface area (Å²) >= 11 is 0. The molecule has 1 aromatic rings. The van der Waals surface area contributed by atoms with E-state index in [0.29, 0.717) is 17.4 Å². The minimum Gasteiger partial charge on any atom is -0.310 e. The Morgan fingerprint density at radius 1 is 1.24 bits per heavy atom. The second-order valence-electron chi connectivity index (χ2n) is 7.61. The zero-order valence-electron chi connectivity index (χ0n) is 14.6. The van der Waals surface area contributed by atoms with Crippen LogP contribution in [0.15, 0.2) is 18.2 Å². The predicted octanol–water partition coefficient (Wildman–Crippen LogP) is 5.64. The third-order valence-corrected chi connectivity index (χ3v) is 3.85. The largest absolute Gasteiger partial charge is 0.310 e. The molecule has 0 aliphatic carbocycles. The van der Waals surface area contributed by atoms with Gasteiger partial charge in [-0.05, 0) is 67.3 Å².